The molecule has 1 aromatic rings. The van der Waals surface area contributed by atoms with Crippen molar-refractivity contribution in [2.75, 3.05) is 31.1 Å². The van der Waals surface area contributed by atoms with Gasteiger partial charge in [-0.25, -0.2) is 0 Å². The van der Waals surface area contributed by atoms with E-state index in [1.165, 1.54) is 0 Å². The molecule has 4 heteroatoms. The smallest absolute Gasteiger partial charge is 0.241 e. The highest BCUT2D eigenvalue weighted by atomic mass is 16.3. The fourth-order valence-corrected chi connectivity index (χ4v) is 3.02. The van der Waals surface area contributed by atoms with E-state index in [0.29, 0.717) is 19.0 Å². The number of amides is 1. The minimum absolute atomic E-state index is 0.134. The fourth-order valence-electron chi connectivity index (χ4n) is 3.02. The molecule has 2 unspecified atom stereocenters. The molecule has 2 rings (SSSR count). The number of benzene rings is 1. The topological polar surface area (TPSA) is 43.8 Å². The van der Waals surface area contributed by atoms with Crippen LogP contribution in [-0.2, 0) is 4.79 Å². The van der Waals surface area contributed by atoms with Crippen LogP contribution in [0.1, 0.15) is 26.7 Å². The van der Waals surface area contributed by atoms with Crippen LogP contribution in [0.15, 0.2) is 30.3 Å². The predicted molar refractivity (Wildman–Crippen MR) is 85.3 cm³/mol. The monoisotopic (exact) mass is 290 g/mol. The first-order chi connectivity index (χ1) is 10.1. The van der Waals surface area contributed by atoms with Crippen LogP contribution in [0, 0.1) is 5.92 Å². The molecular weight excluding hydrogens is 264 g/mol. The van der Waals surface area contributed by atoms with Gasteiger partial charge in [0, 0.05) is 18.8 Å². The molecule has 2 atom stereocenters. The summed E-state index contributed by atoms with van der Waals surface area (Å²) in [6.45, 7) is 6.72. The van der Waals surface area contributed by atoms with Gasteiger partial charge >= 0.3 is 0 Å². The van der Waals surface area contributed by atoms with Gasteiger partial charge < -0.3 is 10.0 Å². The second kappa shape index (κ2) is 7.57. The van der Waals surface area contributed by atoms with Gasteiger partial charge in [0.15, 0.2) is 0 Å². The predicted octanol–water partition coefficient (Wildman–Crippen LogP) is 2.13. The van der Waals surface area contributed by atoms with Crippen molar-refractivity contribution >= 4 is 11.6 Å². The van der Waals surface area contributed by atoms with E-state index in [4.69, 9.17) is 0 Å². The highest BCUT2D eigenvalue weighted by Crippen LogP contribution is 2.20. The van der Waals surface area contributed by atoms with Gasteiger partial charge in [0.1, 0.15) is 0 Å². The Morgan fingerprint density at radius 1 is 1.43 bits per heavy atom. The summed E-state index contributed by atoms with van der Waals surface area (Å²) in [4.78, 5) is 16.5. The maximum atomic E-state index is 12.5. The van der Waals surface area contributed by atoms with Crippen molar-refractivity contribution in [3.05, 3.63) is 30.3 Å². The van der Waals surface area contributed by atoms with Gasteiger partial charge in [0.05, 0.1) is 12.6 Å². The van der Waals surface area contributed by atoms with Crippen LogP contribution in [0.25, 0.3) is 0 Å². The number of hydrogen-bond acceptors (Lipinski definition) is 3. The summed E-state index contributed by atoms with van der Waals surface area (Å²) >= 11 is 0. The number of likely N-dealkylation sites (tertiary alicyclic amines) is 1. The Balaban J connectivity index is 1.96. The van der Waals surface area contributed by atoms with Gasteiger partial charge in [-0.1, -0.05) is 18.2 Å². The van der Waals surface area contributed by atoms with Crippen LogP contribution >= 0.6 is 0 Å². The first-order valence-corrected chi connectivity index (χ1v) is 7.87. The summed E-state index contributed by atoms with van der Waals surface area (Å²) in [5.74, 6) is 0.424. The van der Waals surface area contributed by atoms with E-state index >= 15 is 0 Å². The highest BCUT2D eigenvalue weighted by molar-refractivity contribution is 5.94. The Kier molecular flexibility index (Phi) is 5.76. The molecule has 1 aliphatic heterocycles. The van der Waals surface area contributed by atoms with Crippen molar-refractivity contribution in [2.24, 2.45) is 5.92 Å². The van der Waals surface area contributed by atoms with Gasteiger partial charge in [-0.15, -0.1) is 0 Å². The van der Waals surface area contributed by atoms with Crippen molar-refractivity contribution in [1.29, 1.82) is 0 Å². The van der Waals surface area contributed by atoms with E-state index in [0.717, 1.165) is 31.6 Å². The average molecular weight is 290 g/mol. The van der Waals surface area contributed by atoms with E-state index in [1.807, 2.05) is 49.1 Å². The SMILES string of the molecule is CCN(C(=O)CN1CCCC(C(C)O)C1)c1ccccc1. The third-order valence-corrected chi connectivity index (χ3v) is 4.27. The summed E-state index contributed by atoms with van der Waals surface area (Å²) < 4.78 is 0. The van der Waals surface area contributed by atoms with Gasteiger partial charge in [0.2, 0.25) is 5.91 Å². The number of carbonyl (C=O) groups excluding carboxylic acids is 1. The third kappa shape index (κ3) is 4.29. The molecular formula is C17H26N2O2. The Hall–Kier alpha value is -1.39. The molecule has 0 saturated carbocycles. The molecule has 1 aliphatic rings. The van der Waals surface area contributed by atoms with E-state index in [-0.39, 0.29) is 12.0 Å². The molecule has 4 nitrogen and oxygen atoms in total. The maximum absolute atomic E-state index is 12.5. The summed E-state index contributed by atoms with van der Waals surface area (Å²) in [7, 11) is 0. The Morgan fingerprint density at radius 2 is 2.14 bits per heavy atom. The molecule has 116 valence electrons. The first-order valence-electron chi connectivity index (χ1n) is 7.87. The second-order valence-corrected chi connectivity index (χ2v) is 5.85. The Morgan fingerprint density at radius 3 is 2.76 bits per heavy atom. The number of hydrogen-bond donors (Lipinski definition) is 1. The van der Waals surface area contributed by atoms with Gasteiger partial charge in [0.25, 0.3) is 0 Å². The zero-order valence-corrected chi connectivity index (χ0v) is 13.0. The number of carbonyl (C=O) groups is 1. The zero-order valence-electron chi connectivity index (χ0n) is 13.0. The zero-order chi connectivity index (χ0) is 15.2. The van der Waals surface area contributed by atoms with Crippen LogP contribution in [0.3, 0.4) is 0 Å². The molecule has 0 spiro atoms. The second-order valence-electron chi connectivity index (χ2n) is 5.85. The number of rotatable bonds is 5. The lowest BCUT2D eigenvalue weighted by Gasteiger charge is -2.34. The van der Waals surface area contributed by atoms with Gasteiger partial charge in [-0.3, -0.25) is 9.69 Å². The van der Waals surface area contributed by atoms with Crippen molar-refractivity contribution in [3.63, 3.8) is 0 Å². The number of aliphatic hydroxyl groups is 1. The molecule has 1 aromatic carbocycles. The van der Waals surface area contributed by atoms with E-state index < -0.39 is 0 Å². The van der Waals surface area contributed by atoms with Gasteiger partial charge in [-0.2, -0.15) is 0 Å². The number of anilines is 1. The van der Waals surface area contributed by atoms with E-state index in [2.05, 4.69) is 4.90 Å². The summed E-state index contributed by atoms with van der Waals surface area (Å²) in [6.07, 6.45) is 1.82. The van der Waals surface area contributed by atoms with Crippen LogP contribution in [0.5, 0.6) is 0 Å². The van der Waals surface area contributed by atoms with Crippen LogP contribution in [0.4, 0.5) is 5.69 Å². The lowest BCUT2D eigenvalue weighted by Crippen LogP contribution is -2.46. The third-order valence-electron chi connectivity index (χ3n) is 4.27. The minimum atomic E-state index is -0.292. The van der Waals surface area contributed by atoms with Crippen molar-refractivity contribution in [2.45, 2.75) is 32.8 Å². The molecule has 1 saturated heterocycles. The molecule has 0 aromatic heterocycles. The van der Waals surface area contributed by atoms with Gasteiger partial charge in [-0.05, 0) is 51.3 Å². The summed E-state index contributed by atoms with van der Waals surface area (Å²) in [6, 6.07) is 9.80. The normalized spacial score (nSPS) is 21.0. The standard InChI is InChI=1S/C17H26N2O2/c1-3-19(16-9-5-4-6-10-16)17(21)13-18-11-7-8-15(12-18)14(2)20/h4-6,9-10,14-15,20H,3,7-8,11-13H2,1-2H3. The Labute approximate surface area is 127 Å². The number of piperidine rings is 1. The molecule has 1 amide bonds. The Bertz CT molecular complexity index is 447. The van der Waals surface area contributed by atoms with Crippen LogP contribution in [0.2, 0.25) is 0 Å². The summed E-state index contributed by atoms with van der Waals surface area (Å²) in [5.41, 5.74) is 0.953. The lowest BCUT2D eigenvalue weighted by atomic mass is 9.93. The lowest BCUT2D eigenvalue weighted by molar-refractivity contribution is -0.120. The van der Waals surface area contributed by atoms with E-state index in [9.17, 15) is 9.90 Å². The molecule has 1 N–H and O–H groups in total. The molecule has 21 heavy (non-hydrogen) atoms. The number of aliphatic hydroxyl groups excluding tert-OH is 1. The average Bonchev–Trinajstić information content (AvgIpc) is 2.49. The van der Waals surface area contributed by atoms with Crippen molar-refractivity contribution in [1.82, 2.24) is 4.90 Å². The van der Waals surface area contributed by atoms with E-state index in [1.54, 1.807) is 0 Å². The number of para-hydroxylation sites is 1. The van der Waals surface area contributed by atoms with Crippen molar-refractivity contribution < 1.29 is 9.90 Å². The minimum Gasteiger partial charge on any atom is -0.393 e. The molecule has 0 bridgehead atoms. The number of nitrogens with zero attached hydrogens (tertiary/aromatic N) is 2. The molecule has 0 aliphatic carbocycles. The fraction of sp³-hybridized carbons (Fsp3) is 0.588. The first kappa shape index (κ1) is 16.0. The van der Waals surface area contributed by atoms with Crippen LogP contribution < -0.4 is 4.90 Å². The quantitative estimate of drug-likeness (QED) is 0.903. The van der Waals surface area contributed by atoms with Crippen LogP contribution in [-0.4, -0.2) is 48.2 Å². The molecule has 1 fully saturated rings. The maximum Gasteiger partial charge on any atom is 0.241 e. The van der Waals surface area contributed by atoms with Crippen molar-refractivity contribution in [3.8, 4) is 0 Å². The number of likely N-dealkylation sites (N-methyl/N-ethyl adjacent to an activating group) is 1. The molecule has 0 radical (unpaired) electrons. The summed E-state index contributed by atoms with van der Waals surface area (Å²) in [5, 5.41) is 9.74. The molecule has 1 heterocycles. The largest absolute Gasteiger partial charge is 0.393 e. The highest BCUT2D eigenvalue weighted by Gasteiger charge is 2.26.